The standard InChI is InChI=1S/C58H107N2O6P/c1-6-8-10-12-14-16-18-20-21-22-23-24-25-26-27-28-29-30-31-32-33-34-35-36-37-38-40-41-43-45-47-49-51-57(61)56(55-66-67(63,64)65-54-53-60(3,4)5)59-58(62)52-50-48-46-44-42-39-19-17-15-13-11-9-7-2/h9,11,15,17,39,41-43,46,48-49,51,56-57,61H,6-8,10,12-14,16,18-38,40,44-45,47,50,52-55H2,1-5H3,(H-,59,62,63,64)/b11-9-,17-15-,42-39-,43-41+,48-46-,51-49+. The smallest absolute Gasteiger partial charge is 0.268 e. The van der Waals surface area contributed by atoms with E-state index in [-0.39, 0.29) is 18.9 Å². The fourth-order valence-electron chi connectivity index (χ4n) is 7.83. The summed E-state index contributed by atoms with van der Waals surface area (Å²) in [6, 6.07) is -0.945. The second-order valence-corrected chi connectivity index (χ2v) is 21.3. The number of nitrogens with one attached hydrogen (secondary N) is 1. The molecule has 0 bridgehead atoms. The summed E-state index contributed by atoms with van der Waals surface area (Å²) in [4.78, 5) is 25.3. The molecule has 0 aromatic carbocycles. The molecule has 0 fully saturated rings. The Morgan fingerprint density at radius 3 is 1.37 bits per heavy atom. The van der Waals surface area contributed by atoms with Crippen LogP contribution in [0.5, 0.6) is 0 Å². The molecule has 67 heavy (non-hydrogen) atoms. The molecule has 0 aliphatic heterocycles. The van der Waals surface area contributed by atoms with Crippen LogP contribution in [-0.2, 0) is 18.4 Å². The Labute approximate surface area is 414 Å². The highest BCUT2D eigenvalue weighted by atomic mass is 31.2. The van der Waals surface area contributed by atoms with E-state index in [9.17, 15) is 19.4 Å². The van der Waals surface area contributed by atoms with Crippen LogP contribution in [0.2, 0.25) is 0 Å². The van der Waals surface area contributed by atoms with Gasteiger partial charge in [0.05, 0.1) is 39.9 Å². The molecule has 0 spiro atoms. The SMILES string of the molecule is CC/C=C\C/C=C\C/C=C\C/C=C\CCC(=O)NC(COP(=O)([O-])OCC[N+](C)(C)C)C(O)/C=C/CC/C=C/CCCCCCCCCCCCCCCCCCCCCCCCCCCC. The zero-order valence-corrected chi connectivity index (χ0v) is 45.2. The number of unbranched alkanes of at least 4 members (excludes halogenated alkanes) is 27. The van der Waals surface area contributed by atoms with Gasteiger partial charge in [0.25, 0.3) is 7.82 Å². The van der Waals surface area contributed by atoms with Crippen molar-refractivity contribution in [1.82, 2.24) is 5.32 Å². The number of allylic oxidation sites excluding steroid dienone is 11. The lowest BCUT2D eigenvalue weighted by Gasteiger charge is -2.29. The highest BCUT2D eigenvalue weighted by Crippen LogP contribution is 2.38. The van der Waals surface area contributed by atoms with E-state index in [1.54, 1.807) is 6.08 Å². The number of hydrogen-bond donors (Lipinski definition) is 2. The summed E-state index contributed by atoms with van der Waals surface area (Å²) in [5, 5.41) is 13.7. The zero-order valence-electron chi connectivity index (χ0n) is 44.3. The minimum Gasteiger partial charge on any atom is -0.756 e. The third-order valence-corrected chi connectivity index (χ3v) is 13.1. The van der Waals surface area contributed by atoms with Gasteiger partial charge < -0.3 is 28.8 Å². The van der Waals surface area contributed by atoms with Gasteiger partial charge in [0.15, 0.2) is 0 Å². The molecule has 3 unspecified atom stereocenters. The van der Waals surface area contributed by atoms with Crippen LogP contribution >= 0.6 is 7.82 Å². The summed E-state index contributed by atoms with van der Waals surface area (Å²) in [7, 11) is 1.19. The predicted octanol–water partition coefficient (Wildman–Crippen LogP) is 16.1. The normalized spacial score (nSPS) is 14.6. The second kappa shape index (κ2) is 48.9. The largest absolute Gasteiger partial charge is 0.756 e. The number of quaternary nitrogens is 1. The summed E-state index contributed by atoms with van der Waals surface area (Å²) < 4.78 is 23.2. The summed E-state index contributed by atoms with van der Waals surface area (Å²) in [5.74, 6) is -0.288. The van der Waals surface area contributed by atoms with Crippen LogP contribution in [0.4, 0.5) is 0 Å². The number of carbonyl (C=O) groups is 1. The summed E-state index contributed by atoms with van der Waals surface area (Å²) >= 11 is 0. The van der Waals surface area contributed by atoms with E-state index in [1.807, 2.05) is 39.4 Å². The third-order valence-electron chi connectivity index (χ3n) is 12.2. The molecular formula is C58H107N2O6P. The molecule has 0 heterocycles. The van der Waals surface area contributed by atoms with Crippen LogP contribution in [0.15, 0.2) is 72.9 Å². The molecule has 390 valence electrons. The molecule has 3 atom stereocenters. The van der Waals surface area contributed by atoms with Crippen LogP contribution in [0.1, 0.15) is 239 Å². The fraction of sp³-hybridized carbons (Fsp3) is 0.776. The van der Waals surface area contributed by atoms with Gasteiger partial charge in [0.2, 0.25) is 5.91 Å². The maximum Gasteiger partial charge on any atom is 0.268 e. The van der Waals surface area contributed by atoms with Gasteiger partial charge >= 0.3 is 0 Å². The van der Waals surface area contributed by atoms with Crippen molar-refractivity contribution in [3.05, 3.63) is 72.9 Å². The van der Waals surface area contributed by atoms with Crippen molar-refractivity contribution in [2.45, 2.75) is 251 Å². The third kappa shape index (κ3) is 51.6. The van der Waals surface area contributed by atoms with Crippen LogP contribution in [0, 0.1) is 0 Å². The number of aliphatic hydroxyl groups is 1. The highest BCUT2D eigenvalue weighted by Gasteiger charge is 2.23. The number of nitrogens with zero attached hydrogens (tertiary/aromatic N) is 1. The lowest BCUT2D eigenvalue weighted by Crippen LogP contribution is -2.45. The van der Waals surface area contributed by atoms with E-state index in [0.29, 0.717) is 17.4 Å². The van der Waals surface area contributed by atoms with Crippen molar-refractivity contribution in [3.8, 4) is 0 Å². The topological polar surface area (TPSA) is 108 Å². The number of phosphoric ester groups is 1. The number of amides is 1. The fourth-order valence-corrected chi connectivity index (χ4v) is 8.55. The molecule has 0 saturated heterocycles. The van der Waals surface area contributed by atoms with Gasteiger partial charge in [0.1, 0.15) is 13.2 Å². The van der Waals surface area contributed by atoms with E-state index in [4.69, 9.17) is 9.05 Å². The minimum atomic E-state index is -4.62. The van der Waals surface area contributed by atoms with E-state index in [1.165, 1.54) is 167 Å². The Bertz CT molecular complexity index is 1320. The lowest BCUT2D eigenvalue weighted by atomic mass is 10.0. The molecule has 0 saturated carbocycles. The first-order chi connectivity index (χ1) is 32.5. The Balaban J connectivity index is 4.17. The molecule has 2 N–H and O–H groups in total. The second-order valence-electron chi connectivity index (χ2n) is 19.9. The Morgan fingerprint density at radius 1 is 0.537 bits per heavy atom. The Morgan fingerprint density at radius 2 is 0.925 bits per heavy atom. The number of carbonyl (C=O) groups excluding carboxylic acids is 1. The molecule has 0 aliphatic rings. The van der Waals surface area contributed by atoms with Gasteiger partial charge in [-0.2, -0.15) is 0 Å². The highest BCUT2D eigenvalue weighted by molar-refractivity contribution is 7.45. The maximum atomic E-state index is 12.8. The molecular weight excluding hydrogens is 852 g/mol. The molecule has 0 rings (SSSR count). The summed E-state index contributed by atoms with van der Waals surface area (Å²) in [6.07, 6.45) is 67.5. The van der Waals surface area contributed by atoms with Gasteiger partial charge in [-0.25, -0.2) is 0 Å². The molecule has 0 aromatic heterocycles. The zero-order chi connectivity index (χ0) is 49.2. The van der Waals surface area contributed by atoms with Gasteiger partial charge in [-0.05, 0) is 57.8 Å². The van der Waals surface area contributed by atoms with Crippen LogP contribution in [0.25, 0.3) is 0 Å². The van der Waals surface area contributed by atoms with E-state index in [0.717, 1.165) is 44.9 Å². The van der Waals surface area contributed by atoms with Gasteiger partial charge in [-0.3, -0.25) is 9.36 Å². The maximum absolute atomic E-state index is 12.8. The van der Waals surface area contributed by atoms with Crippen LogP contribution < -0.4 is 10.2 Å². The first-order valence-corrected chi connectivity index (χ1v) is 29.3. The first-order valence-electron chi connectivity index (χ1n) is 27.8. The van der Waals surface area contributed by atoms with Gasteiger partial charge in [-0.1, -0.05) is 247 Å². The van der Waals surface area contributed by atoms with E-state index >= 15 is 0 Å². The molecule has 0 aliphatic carbocycles. The number of likely N-dealkylation sites (N-methyl/N-ethyl adjacent to an activating group) is 1. The molecule has 9 heteroatoms. The number of rotatable bonds is 50. The average molecular weight is 959 g/mol. The molecule has 1 amide bonds. The first kappa shape index (κ1) is 64.9. The monoisotopic (exact) mass is 959 g/mol. The predicted molar refractivity (Wildman–Crippen MR) is 288 cm³/mol. The van der Waals surface area contributed by atoms with E-state index in [2.05, 4.69) is 67.8 Å². The summed E-state index contributed by atoms with van der Waals surface area (Å²) in [5.41, 5.74) is 0. The van der Waals surface area contributed by atoms with Crippen molar-refractivity contribution >= 4 is 13.7 Å². The number of aliphatic hydroxyl groups excluding tert-OH is 1. The average Bonchev–Trinajstić information content (AvgIpc) is 3.29. The number of hydrogen-bond acceptors (Lipinski definition) is 6. The van der Waals surface area contributed by atoms with Crippen molar-refractivity contribution in [1.29, 1.82) is 0 Å². The van der Waals surface area contributed by atoms with E-state index < -0.39 is 26.6 Å². The molecule has 0 radical (unpaired) electrons. The van der Waals surface area contributed by atoms with Gasteiger partial charge in [0, 0.05) is 6.42 Å². The van der Waals surface area contributed by atoms with Crippen molar-refractivity contribution in [2.75, 3.05) is 40.9 Å². The Hall–Kier alpha value is -2.06. The van der Waals surface area contributed by atoms with Crippen LogP contribution in [0.3, 0.4) is 0 Å². The van der Waals surface area contributed by atoms with Crippen molar-refractivity contribution < 1.29 is 32.9 Å². The lowest BCUT2D eigenvalue weighted by molar-refractivity contribution is -0.870. The molecule has 8 nitrogen and oxygen atoms in total. The number of phosphoric acid groups is 1. The Kier molecular flexibility index (Phi) is 47.4. The molecule has 0 aromatic rings. The quantitative estimate of drug-likeness (QED) is 0.0272. The van der Waals surface area contributed by atoms with Crippen molar-refractivity contribution in [2.24, 2.45) is 0 Å². The van der Waals surface area contributed by atoms with Gasteiger partial charge in [-0.15, -0.1) is 0 Å². The van der Waals surface area contributed by atoms with Crippen molar-refractivity contribution in [3.63, 3.8) is 0 Å². The minimum absolute atomic E-state index is 0.0220. The van der Waals surface area contributed by atoms with Crippen LogP contribution in [-0.4, -0.2) is 68.5 Å². The summed E-state index contributed by atoms with van der Waals surface area (Å²) in [6.45, 7) is 4.46.